The Hall–Kier alpha value is -3.48. The Labute approximate surface area is 176 Å². The van der Waals surface area contributed by atoms with Gasteiger partial charge in [-0.05, 0) is 49.9 Å². The van der Waals surface area contributed by atoms with Gasteiger partial charge in [-0.15, -0.1) is 0 Å². The molecule has 2 heterocycles. The van der Waals surface area contributed by atoms with Crippen LogP contribution in [0.25, 0.3) is 5.82 Å². The first-order valence-corrected chi connectivity index (χ1v) is 9.82. The van der Waals surface area contributed by atoms with E-state index >= 15 is 0 Å². The van der Waals surface area contributed by atoms with Crippen molar-refractivity contribution in [2.45, 2.75) is 40.5 Å². The quantitative estimate of drug-likeness (QED) is 0.623. The molecule has 1 amide bonds. The lowest BCUT2D eigenvalue weighted by Gasteiger charge is -2.14. The average molecular weight is 406 g/mol. The van der Waals surface area contributed by atoms with Crippen LogP contribution in [0.2, 0.25) is 0 Å². The molecule has 0 fully saturated rings. The maximum Gasteiger partial charge on any atom is 0.342 e. The first kappa shape index (κ1) is 21.2. The molecule has 0 saturated carbocycles. The van der Waals surface area contributed by atoms with Crippen molar-refractivity contribution in [2.24, 2.45) is 0 Å². The Bertz CT molecular complexity index is 1050. The molecule has 0 aliphatic heterocycles. The highest BCUT2D eigenvalue weighted by Crippen LogP contribution is 2.24. The van der Waals surface area contributed by atoms with Crippen LogP contribution in [-0.4, -0.2) is 33.2 Å². The number of hydrogen-bond donors (Lipinski definition) is 1. The topological polar surface area (TPSA) is 86.1 Å². The number of hydrogen-bond acceptors (Lipinski definition) is 5. The normalized spacial score (nSPS) is 10.9. The number of pyridine rings is 1. The highest BCUT2D eigenvalue weighted by atomic mass is 16.5. The van der Waals surface area contributed by atoms with Crippen molar-refractivity contribution >= 4 is 17.6 Å². The number of amides is 1. The number of aryl methyl sites for hydroxylation is 3. The summed E-state index contributed by atoms with van der Waals surface area (Å²) in [4.78, 5) is 29.3. The second-order valence-corrected chi connectivity index (χ2v) is 7.60. The summed E-state index contributed by atoms with van der Waals surface area (Å²) in [5, 5.41) is 7.14. The minimum absolute atomic E-state index is 0.00346. The molecule has 3 aromatic rings. The lowest BCUT2D eigenvalue weighted by Crippen LogP contribution is -2.22. The number of nitrogens with one attached hydrogen (secondary N) is 1. The van der Waals surface area contributed by atoms with Crippen molar-refractivity contribution in [1.29, 1.82) is 0 Å². The van der Waals surface area contributed by atoms with E-state index in [2.05, 4.69) is 15.4 Å². The summed E-state index contributed by atoms with van der Waals surface area (Å²) in [5.41, 5.74) is 4.81. The fourth-order valence-corrected chi connectivity index (χ4v) is 3.49. The van der Waals surface area contributed by atoms with Crippen molar-refractivity contribution in [3.8, 4) is 5.82 Å². The molecule has 30 heavy (non-hydrogen) atoms. The van der Waals surface area contributed by atoms with Gasteiger partial charge in [-0.1, -0.05) is 37.6 Å². The first-order chi connectivity index (χ1) is 14.3. The van der Waals surface area contributed by atoms with E-state index in [-0.39, 0.29) is 18.4 Å². The highest BCUT2D eigenvalue weighted by molar-refractivity contribution is 5.96. The smallest absolute Gasteiger partial charge is 0.342 e. The van der Waals surface area contributed by atoms with E-state index in [4.69, 9.17) is 4.74 Å². The first-order valence-electron chi connectivity index (χ1n) is 9.82. The van der Waals surface area contributed by atoms with Gasteiger partial charge in [-0.3, -0.25) is 4.79 Å². The zero-order valence-corrected chi connectivity index (χ0v) is 17.9. The molecule has 2 aromatic heterocycles. The van der Waals surface area contributed by atoms with Crippen LogP contribution in [0.4, 0.5) is 5.69 Å². The largest absolute Gasteiger partial charge is 0.452 e. The number of carbonyl (C=O) groups is 2. The average Bonchev–Trinajstić information content (AvgIpc) is 3.15. The number of ether oxygens (including phenoxy) is 1. The summed E-state index contributed by atoms with van der Waals surface area (Å²) in [7, 11) is 0. The molecule has 0 bridgehead atoms. The molecule has 1 N–H and O–H groups in total. The predicted octanol–water partition coefficient (Wildman–Crippen LogP) is 4.11. The van der Waals surface area contributed by atoms with Crippen molar-refractivity contribution in [1.82, 2.24) is 14.8 Å². The second-order valence-electron chi connectivity index (χ2n) is 7.60. The SMILES string of the molecule is Cc1cc(C)c(NC(=O)COC(=O)c2cnn(-c3ccccn3)c2C(C)C)c(C)c1. The third-order valence-corrected chi connectivity index (χ3v) is 4.72. The molecule has 0 saturated heterocycles. The number of rotatable bonds is 6. The van der Waals surface area contributed by atoms with E-state index in [9.17, 15) is 9.59 Å². The lowest BCUT2D eigenvalue weighted by molar-refractivity contribution is -0.119. The van der Waals surface area contributed by atoms with Crippen LogP contribution in [0.5, 0.6) is 0 Å². The minimum atomic E-state index is -0.589. The lowest BCUT2D eigenvalue weighted by atomic mass is 10.1. The maximum atomic E-state index is 12.7. The molecule has 3 rings (SSSR count). The third kappa shape index (κ3) is 4.56. The predicted molar refractivity (Wildman–Crippen MR) is 115 cm³/mol. The molecule has 0 aliphatic rings. The summed E-state index contributed by atoms with van der Waals surface area (Å²) in [6, 6.07) is 9.47. The summed E-state index contributed by atoms with van der Waals surface area (Å²) in [6.45, 7) is 9.42. The van der Waals surface area contributed by atoms with Gasteiger partial charge >= 0.3 is 5.97 Å². The molecule has 0 radical (unpaired) electrons. The van der Waals surface area contributed by atoms with E-state index < -0.39 is 5.97 Å². The molecular formula is C23H26N4O3. The van der Waals surface area contributed by atoms with Gasteiger partial charge in [0, 0.05) is 11.9 Å². The number of anilines is 1. The Kier molecular flexibility index (Phi) is 6.30. The molecule has 0 unspecified atom stereocenters. The van der Waals surface area contributed by atoms with Crippen molar-refractivity contribution in [3.63, 3.8) is 0 Å². The van der Waals surface area contributed by atoms with Crippen LogP contribution in [0, 0.1) is 20.8 Å². The van der Waals surface area contributed by atoms with Crippen LogP contribution < -0.4 is 5.32 Å². The minimum Gasteiger partial charge on any atom is -0.452 e. The maximum absolute atomic E-state index is 12.7. The van der Waals surface area contributed by atoms with Crippen LogP contribution in [0.3, 0.4) is 0 Å². The number of benzene rings is 1. The zero-order chi connectivity index (χ0) is 21.8. The van der Waals surface area contributed by atoms with Gasteiger partial charge < -0.3 is 10.1 Å². The standard InChI is InChI=1S/C23H26N4O3/c1-14(2)22-18(12-25-27(22)19-8-6-7-9-24-19)23(29)30-13-20(28)26-21-16(4)10-15(3)11-17(21)5/h6-12,14H,13H2,1-5H3,(H,26,28). The zero-order valence-electron chi connectivity index (χ0n) is 17.9. The molecule has 0 spiro atoms. The summed E-state index contributed by atoms with van der Waals surface area (Å²) < 4.78 is 6.91. The van der Waals surface area contributed by atoms with Gasteiger partial charge in [0.2, 0.25) is 0 Å². The second kappa shape index (κ2) is 8.90. The number of esters is 1. The van der Waals surface area contributed by atoms with Crippen molar-refractivity contribution in [2.75, 3.05) is 11.9 Å². The van der Waals surface area contributed by atoms with Crippen molar-refractivity contribution in [3.05, 3.63) is 70.7 Å². The van der Waals surface area contributed by atoms with Gasteiger partial charge in [-0.2, -0.15) is 5.10 Å². The fraction of sp³-hybridized carbons (Fsp3) is 0.304. The summed E-state index contributed by atoms with van der Waals surface area (Å²) >= 11 is 0. The molecule has 156 valence electrons. The fourth-order valence-electron chi connectivity index (χ4n) is 3.49. The molecule has 7 heteroatoms. The van der Waals surface area contributed by atoms with Crippen LogP contribution in [-0.2, 0) is 9.53 Å². The summed E-state index contributed by atoms with van der Waals surface area (Å²) in [5.74, 6) is -0.359. The Morgan fingerprint density at radius 3 is 2.43 bits per heavy atom. The van der Waals surface area contributed by atoms with E-state index in [1.54, 1.807) is 10.9 Å². The van der Waals surface area contributed by atoms with Gasteiger partial charge in [0.05, 0.1) is 11.9 Å². The van der Waals surface area contributed by atoms with Gasteiger partial charge in [0.1, 0.15) is 5.56 Å². The molecule has 7 nitrogen and oxygen atoms in total. The monoisotopic (exact) mass is 406 g/mol. The van der Waals surface area contributed by atoms with E-state index in [1.807, 2.05) is 65.0 Å². The molecule has 0 aliphatic carbocycles. The van der Waals surface area contributed by atoms with E-state index in [0.29, 0.717) is 17.1 Å². The number of nitrogens with zero attached hydrogens (tertiary/aromatic N) is 3. The van der Waals surface area contributed by atoms with Crippen molar-refractivity contribution < 1.29 is 14.3 Å². The van der Waals surface area contributed by atoms with Gasteiger partial charge in [0.25, 0.3) is 5.91 Å². The summed E-state index contributed by atoms with van der Waals surface area (Å²) in [6.07, 6.45) is 3.12. The molecule has 0 atom stereocenters. The number of carbonyl (C=O) groups excluding carboxylic acids is 2. The van der Waals surface area contributed by atoms with Crippen LogP contribution >= 0.6 is 0 Å². The molecular weight excluding hydrogens is 380 g/mol. The Balaban J connectivity index is 1.72. The highest BCUT2D eigenvalue weighted by Gasteiger charge is 2.23. The van der Waals surface area contributed by atoms with Crippen LogP contribution in [0.1, 0.15) is 52.5 Å². The van der Waals surface area contributed by atoms with Gasteiger partial charge in [-0.25, -0.2) is 14.5 Å². The number of aromatic nitrogens is 3. The molecule has 1 aromatic carbocycles. The third-order valence-electron chi connectivity index (χ3n) is 4.72. The Morgan fingerprint density at radius 1 is 1.13 bits per heavy atom. The van der Waals surface area contributed by atoms with E-state index in [0.717, 1.165) is 22.4 Å². The van der Waals surface area contributed by atoms with Crippen LogP contribution in [0.15, 0.2) is 42.7 Å². The van der Waals surface area contributed by atoms with Gasteiger partial charge in [0.15, 0.2) is 12.4 Å². The van der Waals surface area contributed by atoms with E-state index in [1.165, 1.54) is 6.20 Å². The Morgan fingerprint density at radius 2 is 1.83 bits per heavy atom.